The number of halogens is 1. The Morgan fingerprint density at radius 2 is 1.56 bits per heavy atom. The quantitative estimate of drug-likeness (QED) is 0.683. The van der Waals surface area contributed by atoms with Gasteiger partial charge < -0.3 is 11.1 Å². The Morgan fingerprint density at radius 3 is 2.16 bits per heavy atom. The van der Waals surface area contributed by atoms with Crippen LogP contribution in [0.1, 0.15) is 12.0 Å². The van der Waals surface area contributed by atoms with Gasteiger partial charge in [-0.05, 0) is 30.5 Å². The Hall–Kier alpha value is -1.89. The molecule has 0 aromatic heterocycles. The van der Waals surface area contributed by atoms with E-state index in [0.717, 1.165) is 5.56 Å². The first kappa shape index (κ1) is 21.2. The molecule has 0 radical (unpaired) electrons. The van der Waals surface area contributed by atoms with Crippen molar-refractivity contribution in [3.63, 3.8) is 0 Å². The van der Waals surface area contributed by atoms with E-state index in [-0.39, 0.29) is 30.6 Å². The average molecular weight is 383 g/mol. The molecule has 2 rings (SSSR count). The van der Waals surface area contributed by atoms with Crippen LogP contribution in [0, 0.1) is 0 Å². The van der Waals surface area contributed by atoms with Crippen LogP contribution in [-0.2, 0) is 21.1 Å². The molecule has 5 nitrogen and oxygen atoms in total. The van der Waals surface area contributed by atoms with Crippen molar-refractivity contribution in [1.29, 1.82) is 0 Å². The highest BCUT2D eigenvalue weighted by Gasteiger charge is 2.15. The molecule has 7 heteroatoms. The summed E-state index contributed by atoms with van der Waals surface area (Å²) in [7, 11) is -3.31. The summed E-state index contributed by atoms with van der Waals surface area (Å²) in [5.74, 6) is -0.276. The number of hydrogen-bond acceptors (Lipinski definition) is 4. The van der Waals surface area contributed by atoms with Gasteiger partial charge in [-0.3, -0.25) is 4.79 Å². The summed E-state index contributed by atoms with van der Waals surface area (Å²) >= 11 is 0. The van der Waals surface area contributed by atoms with Crippen LogP contribution in [0.2, 0.25) is 0 Å². The minimum absolute atomic E-state index is 0. The topological polar surface area (TPSA) is 89.3 Å². The maximum absolute atomic E-state index is 12.1. The van der Waals surface area contributed by atoms with E-state index in [9.17, 15) is 13.2 Å². The molecule has 0 aliphatic carbocycles. The Morgan fingerprint density at radius 1 is 1.00 bits per heavy atom. The van der Waals surface area contributed by atoms with Gasteiger partial charge in [0.15, 0.2) is 9.84 Å². The Labute approximate surface area is 155 Å². The van der Waals surface area contributed by atoms with E-state index in [1.54, 1.807) is 30.3 Å². The van der Waals surface area contributed by atoms with Gasteiger partial charge in [0, 0.05) is 6.54 Å². The number of nitrogens with one attached hydrogen (secondary N) is 1. The molecule has 0 aliphatic rings. The maximum Gasteiger partial charge on any atom is 0.237 e. The van der Waals surface area contributed by atoms with E-state index in [1.807, 2.05) is 30.3 Å². The fraction of sp³-hybridized carbons (Fsp3) is 0.278. The first-order chi connectivity index (χ1) is 11.5. The number of benzene rings is 2. The van der Waals surface area contributed by atoms with Crippen LogP contribution in [0.4, 0.5) is 0 Å². The molecule has 136 valence electrons. The predicted octanol–water partition coefficient (Wildman–Crippen LogP) is 1.96. The fourth-order valence-corrected chi connectivity index (χ4v) is 3.64. The fourth-order valence-electron chi connectivity index (χ4n) is 2.31. The second-order valence-electron chi connectivity index (χ2n) is 5.57. The zero-order valence-corrected chi connectivity index (χ0v) is 15.4. The van der Waals surface area contributed by atoms with Crippen LogP contribution >= 0.6 is 12.4 Å². The summed E-state index contributed by atoms with van der Waals surface area (Å²) < 4.78 is 24.2. The van der Waals surface area contributed by atoms with Crippen LogP contribution in [0.3, 0.4) is 0 Å². The summed E-state index contributed by atoms with van der Waals surface area (Å²) in [5.41, 5.74) is 6.87. The largest absolute Gasteiger partial charge is 0.355 e. The first-order valence-corrected chi connectivity index (χ1v) is 9.49. The van der Waals surface area contributed by atoms with E-state index < -0.39 is 15.9 Å². The number of amides is 1. The van der Waals surface area contributed by atoms with Crippen molar-refractivity contribution in [3.8, 4) is 0 Å². The molecule has 1 atom stereocenters. The Kier molecular flexibility index (Phi) is 8.61. The minimum Gasteiger partial charge on any atom is -0.355 e. The van der Waals surface area contributed by atoms with Gasteiger partial charge in [0.25, 0.3) is 0 Å². The summed E-state index contributed by atoms with van der Waals surface area (Å²) in [6, 6.07) is 17.2. The maximum atomic E-state index is 12.1. The lowest BCUT2D eigenvalue weighted by Crippen LogP contribution is -2.42. The number of carbonyl (C=O) groups is 1. The van der Waals surface area contributed by atoms with E-state index >= 15 is 0 Å². The molecular weight excluding hydrogens is 360 g/mol. The second-order valence-corrected chi connectivity index (χ2v) is 7.68. The molecule has 0 aliphatic heterocycles. The smallest absolute Gasteiger partial charge is 0.237 e. The van der Waals surface area contributed by atoms with Gasteiger partial charge in [-0.25, -0.2) is 8.42 Å². The molecule has 0 saturated heterocycles. The van der Waals surface area contributed by atoms with Crippen molar-refractivity contribution in [2.24, 2.45) is 5.73 Å². The van der Waals surface area contributed by atoms with Crippen molar-refractivity contribution >= 4 is 28.2 Å². The van der Waals surface area contributed by atoms with Crippen LogP contribution in [0.15, 0.2) is 65.6 Å². The lowest BCUT2D eigenvalue weighted by Gasteiger charge is -2.12. The highest BCUT2D eigenvalue weighted by molar-refractivity contribution is 7.91. The highest BCUT2D eigenvalue weighted by Crippen LogP contribution is 2.10. The van der Waals surface area contributed by atoms with Crippen LogP contribution in [0.25, 0.3) is 0 Å². The van der Waals surface area contributed by atoms with Gasteiger partial charge in [-0.1, -0.05) is 48.5 Å². The zero-order chi connectivity index (χ0) is 17.4. The van der Waals surface area contributed by atoms with E-state index in [1.165, 1.54) is 0 Å². The third-order valence-corrected chi connectivity index (χ3v) is 5.44. The molecule has 0 heterocycles. The van der Waals surface area contributed by atoms with Crippen molar-refractivity contribution in [1.82, 2.24) is 5.32 Å². The summed E-state index contributed by atoms with van der Waals surface area (Å²) in [5, 5.41) is 2.70. The minimum atomic E-state index is -3.31. The second kappa shape index (κ2) is 10.2. The molecule has 0 saturated carbocycles. The average Bonchev–Trinajstić information content (AvgIpc) is 2.60. The summed E-state index contributed by atoms with van der Waals surface area (Å²) in [4.78, 5) is 12.3. The van der Waals surface area contributed by atoms with E-state index in [4.69, 9.17) is 5.73 Å². The van der Waals surface area contributed by atoms with Gasteiger partial charge in [0.1, 0.15) is 0 Å². The molecule has 1 amide bonds. The van der Waals surface area contributed by atoms with Crippen LogP contribution < -0.4 is 11.1 Å². The molecule has 0 fully saturated rings. The highest BCUT2D eigenvalue weighted by atomic mass is 35.5. The summed E-state index contributed by atoms with van der Waals surface area (Å²) in [6.45, 7) is 0.285. The molecule has 2 aromatic carbocycles. The van der Waals surface area contributed by atoms with Gasteiger partial charge in [0.05, 0.1) is 16.7 Å². The van der Waals surface area contributed by atoms with Crippen molar-refractivity contribution < 1.29 is 13.2 Å². The third kappa shape index (κ3) is 6.86. The van der Waals surface area contributed by atoms with Crippen LogP contribution in [0.5, 0.6) is 0 Å². The van der Waals surface area contributed by atoms with Crippen molar-refractivity contribution in [3.05, 3.63) is 66.2 Å². The number of hydrogen-bond donors (Lipinski definition) is 2. The number of nitrogens with two attached hydrogens (primary N) is 1. The predicted molar refractivity (Wildman–Crippen MR) is 101 cm³/mol. The Bertz CT molecular complexity index is 752. The molecule has 0 spiro atoms. The monoisotopic (exact) mass is 382 g/mol. The third-order valence-electron chi connectivity index (χ3n) is 3.63. The van der Waals surface area contributed by atoms with Crippen molar-refractivity contribution in [2.75, 3.05) is 12.3 Å². The van der Waals surface area contributed by atoms with E-state index in [0.29, 0.717) is 17.7 Å². The Balaban J connectivity index is 0.00000312. The number of rotatable bonds is 8. The SMILES string of the molecule is Cl.N[C@@H](Cc1ccccc1)C(=O)NCCCS(=O)(=O)c1ccccc1. The molecule has 2 aromatic rings. The molecule has 3 N–H and O–H groups in total. The van der Waals surface area contributed by atoms with Gasteiger partial charge in [0.2, 0.25) is 5.91 Å². The normalized spacial score (nSPS) is 12.0. The van der Waals surface area contributed by atoms with Gasteiger partial charge >= 0.3 is 0 Å². The zero-order valence-electron chi connectivity index (χ0n) is 13.8. The molecule has 0 unspecified atom stereocenters. The van der Waals surface area contributed by atoms with Crippen molar-refractivity contribution in [2.45, 2.75) is 23.8 Å². The van der Waals surface area contributed by atoms with Crippen LogP contribution in [-0.4, -0.2) is 32.7 Å². The number of carbonyl (C=O) groups excluding carboxylic acids is 1. The van der Waals surface area contributed by atoms with E-state index in [2.05, 4.69) is 5.32 Å². The standard InChI is InChI=1S/C18H22N2O3S.ClH/c19-17(14-15-8-3-1-4-9-15)18(21)20-12-7-13-24(22,23)16-10-5-2-6-11-16;/h1-6,8-11,17H,7,12-14,19H2,(H,20,21);1H/t17-;/m0./s1. The molecular formula is C18H23ClN2O3S. The lowest BCUT2D eigenvalue weighted by molar-refractivity contribution is -0.122. The first-order valence-electron chi connectivity index (χ1n) is 7.84. The van der Waals surface area contributed by atoms with Gasteiger partial charge in [-0.2, -0.15) is 0 Å². The summed E-state index contributed by atoms with van der Waals surface area (Å²) in [6.07, 6.45) is 0.802. The van der Waals surface area contributed by atoms with Gasteiger partial charge in [-0.15, -0.1) is 12.4 Å². The number of sulfone groups is 1. The lowest BCUT2D eigenvalue weighted by atomic mass is 10.1. The molecule has 25 heavy (non-hydrogen) atoms. The molecule has 0 bridgehead atoms.